The van der Waals surface area contributed by atoms with Crippen LogP contribution in [0.5, 0.6) is 0 Å². The first-order chi connectivity index (χ1) is 11.8. The number of nitrogens with zero attached hydrogens (tertiary/aromatic N) is 2. The second-order valence-electron chi connectivity index (χ2n) is 6.12. The molecule has 1 heterocycles. The maximum Gasteiger partial charge on any atom is 0.288 e. The van der Waals surface area contributed by atoms with Gasteiger partial charge in [-0.1, -0.05) is 18.2 Å². The number of para-hydroxylation sites is 1. The average Bonchev–Trinajstić information content (AvgIpc) is 3.03. The second kappa shape index (κ2) is 6.72. The smallest absolute Gasteiger partial charge is 0.288 e. The van der Waals surface area contributed by atoms with Crippen LogP contribution in [0.3, 0.4) is 0 Å². The average molecular weight is 361 g/mol. The molecule has 0 radical (unpaired) electrons. The van der Waals surface area contributed by atoms with E-state index in [9.17, 15) is 18.5 Å². The lowest BCUT2D eigenvalue weighted by molar-refractivity contribution is -0.387. The largest absolute Gasteiger partial charge is 0.380 e. The highest BCUT2D eigenvalue weighted by Crippen LogP contribution is 2.30. The van der Waals surface area contributed by atoms with Gasteiger partial charge in [0.15, 0.2) is 9.84 Å². The van der Waals surface area contributed by atoms with Crippen LogP contribution in [0.1, 0.15) is 6.42 Å². The Morgan fingerprint density at radius 2 is 1.92 bits per heavy atom. The summed E-state index contributed by atoms with van der Waals surface area (Å²) in [5, 5.41) is 14.5. The standard InChI is InChI=1S/C17H19N3O4S/c1-25(23,24)17-11-15(7-8-16(17)20(21)22)19-10-9-14(12-19)18-13-5-3-2-4-6-13/h2-8,11,14,18H,9-10,12H2,1H3. The van der Waals surface area contributed by atoms with Gasteiger partial charge < -0.3 is 10.2 Å². The molecule has 0 aromatic heterocycles. The van der Waals surface area contributed by atoms with Crippen LogP contribution in [0, 0.1) is 10.1 Å². The van der Waals surface area contributed by atoms with E-state index in [4.69, 9.17) is 0 Å². The first kappa shape index (κ1) is 17.2. The van der Waals surface area contributed by atoms with E-state index in [1.54, 1.807) is 6.07 Å². The van der Waals surface area contributed by atoms with Crippen molar-refractivity contribution in [3.05, 3.63) is 58.6 Å². The fourth-order valence-corrected chi connectivity index (χ4v) is 3.89. The molecule has 0 spiro atoms. The molecule has 132 valence electrons. The lowest BCUT2D eigenvalue weighted by Crippen LogP contribution is -2.26. The molecule has 1 atom stereocenters. The zero-order chi connectivity index (χ0) is 18.0. The number of benzene rings is 2. The van der Waals surface area contributed by atoms with Crippen molar-refractivity contribution in [1.29, 1.82) is 0 Å². The third-order valence-electron chi connectivity index (χ3n) is 4.24. The van der Waals surface area contributed by atoms with E-state index in [1.807, 2.05) is 35.2 Å². The predicted octanol–water partition coefficient (Wildman–Crippen LogP) is 2.69. The van der Waals surface area contributed by atoms with E-state index in [-0.39, 0.29) is 16.6 Å². The van der Waals surface area contributed by atoms with Crippen molar-refractivity contribution in [2.75, 3.05) is 29.6 Å². The lowest BCUT2D eigenvalue weighted by Gasteiger charge is -2.20. The minimum atomic E-state index is -3.68. The molecule has 1 fully saturated rings. The minimum Gasteiger partial charge on any atom is -0.380 e. The minimum absolute atomic E-state index is 0.235. The van der Waals surface area contributed by atoms with Gasteiger partial charge in [-0.15, -0.1) is 0 Å². The quantitative estimate of drug-likeness (QED) is 0.650. The number of hydrogen-bond donors (Lipinski definition) is 1. The molecule has 2 aromatic carbocycles. The number of rotatable bonds is 5. The SMILES string of the molecule is CS(=O)(=O)c1cc(N2CCC(Nc3ccccc3)C2)ccc1[N+](=O)[O-]. The molecule has 1 aliphatic rings. The maximum atomic E-state index is 11.9. The Labute approximate surface area is 146 Å². The van der Waals surface area contributed by atoms with E-state index in [0.717, 1.165) is 24.9 Å². The molecule has 3 rings (SSSR count). The van der Waals surface area contributed by atoms with Gasteiger partial charge in [-0.25, -0.2) is 8.42 Å². The van der Waals surface area contributed by atoms with Gasteiger partial charge in [-0.05, 0) is 30.7 Å². The Morgan fingerprint density at radius 3 is 2.56 bits per heavy atom. The predicted molar refractivity (Wildman–Crippen MR) is 96.9 cm³/mol. The fourth-order valence-electron chi connectivity index (χ4n) is 3.03. The van der Waals surface area contributed by atoms with Gasteiger partial charge in [-0.3, -0.25) is 10.1 Å². The summed E-state index contributed by atoms with van der Waals surface area (Å²) in [6.07, 6.45) is 1.89. The van der Waals surface area contributed by atoms with Crippen molar-refractivity contribution >= 4 is 26.9 Å². The third kappa shape index (κ3) is 3.90. The van der Waals surface area contributed by atoms with Crippen LogP contribution < -0.4 is 10.2 Å². The van der Waals surface area contributed by atoms with Crippen LogP contribution in [-0.4, -0.2) is 38.7 Å². The molecule has 1 aliphatic heterocycles. The summed E-state index contributed by atoms with van der Waals surface area (Å²) < 4.78 is 23.8. The summed E-state index contributed by atoms with van der Waals surface area (Å²) in [7, 11) is -3.68. The van der Waals surface area contributed by atoms with Crippen molar-refractivity contribution in [2.45, 2.75) is 17.4 Å². The number of anilines is 2. The topological polar surface area (TPSA) is 92.6 Å². The Balaban J connectivity index is 1.80. The van der Waals surface area contributed by atoms with E-state index in [2.05, 4.69) is 5.32 Å². The van der Waals surface area contributed by atoms with Gasteiger partial charge in [0, 0.05) is 42.8 Å². The van der Waals surface area contributed by atoms with Gasteiger partial charge in [0.05, 0.1) is 4.92 Å². The molecule has 1 unspecified atom stereocenters. The highest BCUT2D eigenvalue weighted by Gasteiger charge is 2.27. The molecule has 0 amide bonds. The number of nitro groups is 1. The summed E-state index contributed by atoms with van der Waals surface area (Å²) in [5.41, 5.74) is 1.34. The Kier molecular flexibility index (Phi) is 4.63. The summed E-state index contributed by atoms with van der Waals surface area (Å²) in [5.74, 6) is 0. The van der Waals surface area contributed by atoms with Gasteiger partial charge in [-0.2, -0.15) is 0 Å². The number of hydrogen-bond acceptors (Lipinski definition) is 6. The molecule has 2 aromatic rings. The first-order valence-electron chi connectivity index (χ1n) is 7.89. The van der Waals surface area contributed by atoms with Crippen LogP contribution in [0.2, 0.25) is 0 Å². The van der Waals surface area contributed by atoms with Crippen molar-refractivity contribution in [1.82, 2.24) is 0 Å². The molecule has 0 saturated carbocycles. The molecule has 0 bridgehead atoms. The Hall–Kier alpha value is -2.61. The van der Waals surface area contributed by atoms with Crippen LogP contribution in [0.4, 0.5) is 17.1 Å². The number of nitro benzene ring substituents is 1. The summed E-state index contributed by atoms with van der Waals surface area (Å²) in [6, 6.07) is 14.4. The van der Waals surface area contributed by atoms with Crippen molar-refractivity contribution in [3.63, 3.8) is 0 Å². The molecular formula is C17H19N3O4S. The molecule has 1 N–H and O–H groups in total. The lowest BCUT2D eigenvalue weighted by atomic mass is 10.2. The van der Waals surface area contributed by atoms with Gasteiger partial charge in [0.25, 0.3) is 5.69 Å². The van der Waals surface area contributed by atoms with E-state index < -0.39 is 14.8 Å². The van der Waals surface area contributed by atoms with Crippen LogP contribution in [0.15, 0.2) is 53.4 Å². The monoisotopic (exact) mass is 361 g/mol. The molecular weight excluding hydrogens is 342 g/mol. The number of sulfone groups is 1. The summed E-state index contributed by atoms with van der Waals surface area (Å²) in [6.45, 7) is 1.46. The van der Waals surface area contributed by atoms with Gasteiger partial charge >= 0.3 is 0 Å². The summed E-state index contributed by atoms with van der Waals surface area (Å²) in [4.78, 5) is 12.2. The Morgan fingerprint density at radius 1 is 1.20 bits per heavy atom. The van der Waals surface area contributed by atoms with E-state index in [1.165, 1.54) is 12.1 Å². The highest BCUT2D eigenvalue weighted by molar-refractivity contribution is 7.90. The van der Waals surface area contributed by atoms with Crippen molar-refractivity contribution < 1.29 is 13.3 Å². The van der Waals surface area contributed by atoms with Gasteiger partial charge in [0.2, 0.25) is 0 Å². The van der Waals surface area contributed by atoms with Crippen molar-refractivity contribution in [3.8, 4) is 0 Å². The van der Waals surface area contributed by atoms with Crippen LogP contribution in [-0.2, 0) is 9.84 Å². The normalized spacial score (nSPS) is 17.5. The number of nitrogens with one attached hydrogen (secondary N) is 1. The molecule has 0 aliphatic carbocycles. The van der Waals surface area contributed by atoms with Crippen molar-refractivity contribution in [2.24, 2.45) is 0 Å². The molecule has 7 nitrogen and oxygen atoms in total. The fraction of sp³-hybridized carbons (Fsp3) is 0.294. The molecule has 1 saturated heterocycles. The Bertz CT molecular complexity index is 884. The van der Waals surface area contributed by atoms with E-state index in [0.29, 0.717) is 12.2 Å². The highest BCUT2D eigenvalue weighted by atomic mass is 32.2. The zero-order valence-corrected chi connectivity index (χ0v) is 14.6. The van der Waals surface area contributed by atoms with E-state index >= 15 is 0 Å². The summed E-state index contributed by atoms with van der Waals surface area (Å²) >= 11 is 0. The second-order valence-corrected chi connectivity index (χ2v) is 8.11. The molecule has 8 heteroatoms. The van der Waals surface area contributed by atoms with Crippen LogP contribution in [0.25, 0.3) is 0 Å². The first-order valence-corrected chi connectivity index (χ1v) is 9.79. The molecule has 25 heavy (non-hydrogen) atoms. The maximum absolute atomic E-state index is 11.9. The van der Waals surface area contributed by atoms with Crippen LogP contribution >= 0.6 is 0 Å². The zero-order valence-electron chi connectivity index (χ0n) is 13.8. The third-order valence-corrected chi connectivity index (χ3v) is 5.36. The van der Waals surface area contributed by atoms with Gasteiger partial charge in [0.1, 0.15) is 4.90 Å².